The minimum Gasteiger partial charge on any atom is -0.496 e. The lowest BCUT2D eigenvalue weighted by atomic mass is 9.88. The van der Waals surface area contributed by atoms with Crippen LogP contribution in [0.2, 0.25) is 0 Å². The second-order valence-corrected chi connectivity index (χ2v) is 5.02. The summed E-state index contributed by atoms with van der Waals surface area (Å²) in [6, 6.07) is 6.22. The number of carbonyl (C=O) groups excluding carboxylic acids is 1. The van der Waals surface area contributed by atoms with Gasteiger partial charge in [0.25, 0.3) is 0 Å². The summed E-state index contributed by atoms with van der Waals surface area (Å²) in [5, 5.41) is 0. The normalized spacial score (nSPS) is 18.6. The van der Waals surface area contributed by atoms with Crippen molar-refractivity contribution >= 4 is 5.97 Å². The van der Waals surface area contributed by atoms with Crippen LogP contribution in [0.3, 0.4) is 0 Å². The van der Waals surface area contributed by atoms with Crippen LogP contribution in [0.4, 0.5) is 8.78 Å². The Balaban J connectivity index is 2.44. The highest BCUT2D eigenvalue weighted by Crippen LogP contribution is 2.51. The Kier molecular flexibility index (Phi) is 3.14. The van der Waals surface area contributed by atoms with E-state index in [0.717, 1.165) is 12.1 Å². The van der Waals surface area contributed by atoms with Crippen LogP contribution in [0, 0.1) is 11.6 Å². The predicted octanol–water partition coefficient (Wildman–Crippen LogP) is 2.33. The molecule has 1 atom stereocenters. The first-order valence-corrected chi connectivity index (χ1v) is 6.49. The zero-order valence-corrected chi connectivity index (χ0v) is 11.9. The quantitative estimate of drug-likeness (QED) is 0.865. The largest absolute Gasteiger partial charge is 0.496 e. The number of rotatable bonds is 2. The van der Waals surface area contributed by atoms with Crippen molar-refractivity contribution in [3.63, 3.8) is 0 Å². The van der Waals surface area contributed by atoms with E-state index in [1.807, 2.05) is 0 Å². The third-order valence-corrected chi connectivity index (χ3v) is 3.89. The number of hydrogen-bond acceptors (Lipinski definition) is 4. The molecule has 1 aliphatic carbocycles. The monoisotopic (exact) mass is 305 g/mol. The van der Waals surface area contributed by atoms with Gasteiger partial charge >= 0.3 is 5.97 Å². The highest BCUT2D eigenvalue weighted by atomic mass is 19.1. The summed E-state index contributed by atoms with van der Waals surface area (Å²) in [7, 11) is 2.55. The van der Waals surface area contributed by atoms with Crippen molar-refractivity contribution in [2.24, 2.45) is 5.73 Å². The molecule has 0 radical (unpaired) electrons. The number of benzene rings is 2. The molecule has 0 amide bonds. The van der Waals surface area contributed by atoms with E-state index in [2.05, 4.69) is 0 Å². The summed E-state index contributed by atoms with van der Waals surface area (Å²) in [4.78, 5) is 12.3. The molecule has 0 saturated heterocycles. The van der Waals surface area contributed by atoms with Gasteiger partial charge in [-0.3, -0.25) is 0 Å². The molecule has 2 aromatic rings. The Labute approximate surface area is 125 Å². The first-order valence-electron chi connectivity index (χ1n) is 6.49. The van der Waals surface area contributed by atoms with Gasteiger partial charge in [-0.15, -0.1) is 0 Å². The molecule has 0 heterocycles. The van der Waals surface area contributed by atoms with Crippen LogP contribution in [-0.2, 0) is 15.1 Å². The summed E-state index contributed by atoms with van der Waals surface area (Å²) < 4.78 is 37.5. The minimum atomic E-state index is -1.78. The molecule has 0 saturated carbocycles. The molecule has 2 aromatic carbocycles. The molecular formula is C16H13F2NO3. The topological polar surface area (TPSA) is 61.5 Å². The van der Waals surface area contributed by atoms with Crippen LogP contribution in [0.15, 0.2) is 30.3 Å². The zero-order valence-electron chi connectivity index (χ0n) is 11.9. The van der Waals surface area contributed by atoms with Crippen molar-refractivity contribution in [1.82, 2.24) is 0 Å². The highest BCUT2D eigenvalue weighted by Gasteiger charge is 2.49. The Hall–Kier alpha value is -2.47. The Morgan fingerprint density at radius 2 is 1.77 bits per heavy atom. The van der Waals surface area contributed by atoms with Crippen LogP contribution in [0.1, 0.15) is 11.1 Å². The number of fused-ring (bicyclic) bond motifs is 3. The molecule has 22 heavy (non-hydrogen) atoms. The zero-order chi connectivity index (χ0) is 16.1. The van der Waals surface area contributed by atoms with E-state index in [1.165, 1.54) is 32.4 Å². The fraction of sp³-hybridized carbons (Fsp3) is 0.188. The lowest BCUT2D eigenvalue weighted by molar-refractivity contribution is -0.145. The van der Waals surface area contributed by atoms with Gasteiger partial charge in [-0.2, -0.15) is 0 Å². The average Bonchev–Trinajstić information content (AvgIpc) is 2.76. The summed E-state index contributed by atoms with van der Waals surface area (Å²) in [5.41, 5.74) is 5.85. The van der Waals surface area contributed by atoms with E-state index in [9.17, 15) is 13.6 Å². The molecule has 3 rings (SSSR count). The SMILES string of the molecule is COC(=O)C1(N)c2cc(F)ccc2-c2c(OC)cc(F)cc21. The molecule has 6 heteroatoms. The highest BCUT2D eigenvalue weighted by molar-refractivity contribution is 5.98. The van der Waals surface area contributed by atoms with Crippen molar-refractivity contribution in [1.29, 1.82) is 0 Å². The fourth-order valence-electron chi connectivity index (χ4n) is 2.92. The molecule has 0 aromatic heterocycles. The van der Waals surface area contributed by atoms with Gasteiger partial charge in [0.15, 0.2) is 5.54 Å². The van der Waals surface area contributed by atoms with Crippen molar-refractivity contribution in [2.45, 2.75) is 5.54 Å². The van der Waals surface area contributed by atoms with Crippen molar-refractivity contribution in [2.75, 3.05) is 14.2 Å². The van der Waals surface area contributed by atoms with Crippen LogP contribution < -0.4 is 10.5 Å². The fourth-order valence-corrected chi connectivity index (χ4v) is 2.92. The lowest BCUT2D eigenvalue weighted by Crippen LogP contribution is -2.45. The van der Waals surface area contributed by atoms with Crippen molar-refractivity contribution in [3.05, 3.63) is 53.1 Å². The second-order valence-electron chi connectivity index (χ2n) is 5.02. The van der Waals surface area contributed by atoms with Crippen molar-refractivity contribution in [3.8, 4) is 16.9 Å². The molecule has 0 aliphatic heterocycles. The molecule has 0 fully saturated rings. The molecule has 0 spiro atoms. The summed E-state index contributed by atoms with van der Waals surface area (Å²) in [6.45, 7) is 0. The van der Waals surface area contributed by atoms with E-state index in [0.29, 0.717) is 11.1 Å². The molecule has 114 valence electrons. The number of esters is 1. The second kappa shape index (κ2) is 4.78. The van der Waals surface area contributed by atoms with Gasteiger partial charge in [0, 0.05) is 17.2 Å². The number of nitrogens with two attached hydrogens (primary N) is 1. The van der Waals surface area contributed by atoms with Gasteiger partial charge in [0.1, 0.15) is 17.4 Å². The van der Waals surface area contributed by atoms with E-state index in [4.69, 9.17) is 15.2 Å². The number of methoxy groups -OCH3 is 2. The lowest BCUT2D eigenvalue weighted by Gasteiger charge is -2.24. The summed E-state index contributed by atoms with van der Waals surface area (Å²) >= 11 is 0. The maximum atomic E-state index is 13.9. The molecule has 1 aliphatic rings. The summed E-state index contributed by atoms with van der Waals surface area (Å²) in [6.07, 6.45) is 0. The van der Waals surface area contributed by atoms with Gasteiger partial charge in [0.2, 0.25) is 0 Å². The third-order valence-electron chi connectivity index (χ3n) is 3.89. The standard InChI is InChI=1S/C16H13F2NO3/c1-21-13-7-9(18)6-12-14(13)10-4-3-8(17)5-11(10)16(12,19)15(20)22-2/h3-7H,19H2,1-2H3. The van der Waals surface area contributed by atoms with Crippen LogP contribution in [0.25, 0.3) is 11.1 Å². The first-order chi connectivity index (χ1) is 10.4. The number of hydrogen-bond donors (Lipinski definition) is 1. The van der Waals surface area contributed by atoms with E-state index in [-0.39, 0.29) is 16.9 Å². The van der Waals surface area contributed by atoms with Gasteiger partial charge in [-0.25, -0.2) is 13.6 Å². The van der Waals surface area contributed by atoms with Gasteiger partial charge in [-0.05, 0) is 29.3 Å². The Bertz CT molecular complexity index is 791. The first kappa shape index (κ1) is 14.5. The van der Waals surface area contributed by atoms with Gasteiger partial charge < -0.3 is 15.2 Å². The molecule has 4 nitrogen and oxygen atoms in total. The molecule has 1 unspecified atom stereocenters. The number of halogens is 2. The van der Waals surface area contributed by atoms with Gasteiger partial charge in [0.05, 0.1) is 14.2 Å². The minimum absolute atomic E-state index is 0.191. The smallest absolute Gasteiger partial charge is 0.335 e. The van der Waals surface area contributed by atoms with E-state index < -0.39 is 23.1 Å². The average molecular weight is 305 g/mol. The van der Waals surface area contributed by atoms with Gasteiger partial charge in [-0.1, -0.05) is 6.07 Å². The van der Waals surface area contributed by atoms with Crippen LogP contribution >= 0.6 is 0 Å². The van der Waals surface area contributed by atoms with Crippen molar-refractivity contribution < 1.29 is 23.0 Å². The number of carbonyl (C=O) groups is 1. The van der Waals surface area contributed by atoms with Crippen LogP contribution in [-0.4, -0.2) is 20.2 Å². The molecule has 2 N–H and O–H groups in total. The Morgan fingerprint density at radius 1 is 1.09 bits per heavy atom. The third kappa shape index (κ3) is 1.74. The Morgan fingerprint density at radius 3 is 2.41 bits per heavy atom. The predicted molar refractivity (Wildman–Crippen MR) is 75.3 cm³/mol. The maximum absolute atomic E-state index is 13.9. The summed E-state index contributed by atoms with van der Waals surface area (Å²) in [5.74, 6) is -1.74. The number of ether oxygens (including phenoxy) is 2. The molecular weight excluding hydrogens is 292 g/mol. The maximum Gasteiger partial charge on any atom is 0.335 e. The van der Waals surface area contributed by atoms with E-state index >= 15 is 0 Å². The van der Waals surface area contributed by atoms with Crippen LogP contribution in [0.5, 0.6) is 5.75 Å². The van der Waals surface area contributed by atoms with E-state index in [1.54, 1.807) is 0 Å². The molecule has 0 bridgehead atoms.